The largest absolute Gasteiger partial charge is 0.465 e. The first-order chi connectivity index (χ1) is 11.5. The molecule has 6 unspecified atom stereocenters. The standard InChI is InChI=1S/C17H15Br2NO4/c1-24-17(23)7-3-2-4-8(5-7)20-15(21)11-9-6-10(12(11)16(20)22)14(19)13(9)18/h2-5,9-14H,6H2,1H3. The summed E-state index contributed by atoms with van der Waals surface area (Å²) in [5.74, 6) is -0.960. The highest BCUT2D eigenvalue weighted by molar-refractivity contribution is 9.12. The number of halogens is 2. The van der Waals surface area contributed by atoms with Crippen molar-refractivity contribution in [1.82, 2.24) is 0 Å². The van der Waals surface area contributed by atoms with Crippen molar-refractivity contribution in [2.45, 2.75) is 16.1 Å². The molecule has 1 heterocycles. The molecule has 5 nitrogen and oxygen atoms in total. The molecule has 126 valence electrons. The summed E-state index contributed by atoms with van der Waals surface area (Å²) < 4.78 is 4.71. The van der Waals surface area contributed by atoms with E-state index < -0.39 is 5.97 Å². The highest BCUT2D eigenvalue weighted by atomic mass is 79.9. The van der Waals surface area contributed by atoms with Crippen LogP contribution in [-0.2, 0) is 14.3 Å². The van der Waals surface area contributed by atoms with E-state index in [0.717, 1.165) is 6.42 Å². The predicted molar refractivity (Wildman–Crippen MR) is 94.3 cm³/mol. The molecule has 7 heteroatoms. The van der Waals surface area contributed by atoms with E-state index in [0.29, 0.717) is 11.3 Å². The van der Waals surface area contributed by atoms with Crippen molar-refractivity contribution in [2.75, 3.05) is 12.0 Å². The third-order valence-corrected chi connectivity index (χ3v) is 8.72. The van der Waals surface area contributed by atoms with Crippen LogP contribution in [0.25, 0.3) is 0 Å². The topological polar surface area (TPSA) is 63.7 Å². The summed E-state index contributed by atoms with van der Waals surface area (Å²) in [7, 11) is 1.30. The Morgan fingerprint density at radius 1 is 1.12 bits per heavy atom. The number of imide groups is 1. The number of methoxy groups -OCH3 is 1. The Morgan fingerprint density at radius 2 is 1.71 bits per heavy atom. The van der Waals surface area contributed by atoms with Crippen LogP contribution in [0.1, 0.15) is 16.8 Å². The molecular weight excluding hydrogens is 442 g/mol. The van der Waals surface area contributed by atoms with Gasteiger partial charge < -0.3 is 4.74 Å². The second-order valence-corrected chi connectivity index (χ2v) is 8.67. The normalized spacial score (nSPS) is 37.0. The quantitative estimate of drug-likeness (QED) is 0.390. The molecule has 1 aliphatic heterocycles. The average Bonchev–Trinajstić information content (AvgIpc) is 3.19. The Bertz CT molecular complexity index is 720. The number of benzene rings is 1. The van der Waals surface area contributed by atoms with Gasteiger partial charge in [0.1, 0.15) is 0 Å². The van der Waals surface area contributed by atoms with Crippen LogP contribution in [-0.4, -0.2) is 34.5 Å². The summed E-state index contributed by atoms with van der Waals surface area (Å²) in [6, 6.07) is 6.49. The lowest BCUT2D eigenvalue weighted by Gasteiger charge is -2.28. The van der Waals surface area contributed by atoms with E-state index in [9.17, 15) is 14.4 Å². The van der Waals surface area contributed by atoms with Gasteiger partial charge in [-0.3, -0.25) is 14.5 Å². The third kappa shape index (κ3) is 2.07. The second-order valence-electron chi connectivity index (χ2n) is 6.56. The fourth-order valence-corrected chi connectivity index (χ4v) is 6.37. The minimum atomic E-state index is -0.489. The second kappa shape index (κ2) is 5.66. The van der Waals surface area contributed by atoms with E-state index in [4.69, 9.17) is 4.74 Å². The van der Waals surface area contributed by atoms with E-state index in [1.807, 2.05) is 0 Å². The van der Waals surface area contributed by atoms with Crippen LogP contribution in [0.2, 0.25) is 0 Å². The van der Waals surface area contributed by atoms with Gasteiger partial charge in [0.25, 0.3) is 0 Å². The van der Waals surface area contributed by atoms with Gasteiger partial charge in [-0.15, -0.1) is 0 Å². The van der Waals surface area contributed by atoms with Gasteiger partial charge in [0.15, 0.2) is 0 Å². The molecule has 2 saturated carbocycles. The SMILES string of the molecule is COC(=O)c1cccc(N2C(=O)C3C4CC(C(Br)C4Br)C3C2=O)c1. The summed E-state index contributed by atoms with van der Waals surface area (Å²) in [4.78, 5) is 39.3. The smallest absolute Gasteiger partial charge is 0.337 e. The molecule has 6 atom stereocenters. The molecule has 4 rings (SSSR count). The van der Waals surface area contributed by atoms with Crippen molar-refractivity contribution >= 4 is 55.3 Å². The van der Waals surface area contributed by atoms with Gasteiger partial charge in [0.05, 0.1) is 30.2 Å². The lowest BCUT2D eigenvalue weighted by molar-refractivity contribution is -0.123. The van der Waals surface area contributed by atoms with Gasteiger partial charge in [0, 0.05) is 9.65 Å². The highest BCUT2D eigenvalue weighted by Gasteiger charge is 2.66. The van der Waals surface area contributed by atoms with Gasteiger partial charge in [-0.05, 0) is 36.5 Å². The van der Waals surface area contributed by atoms with Crippen LogP contribution in [0.15, 0.2) is 24.3 Å². The zero-order valence-corrected chi connectivity index (χ0v) is 16.0. The van der Waals surface area contributed by atoms with E-state index in [2.05, 4.69) is 31.9 Å². The molecule has 0 N–H and O–H groups in total. The maximum atomic E-state index is 12.9. The molecule has 0 spiro atoms. The van der Waals surface area contributed by atoms with Crippen molar-refractivity contribution < 1.29 is 19.1 Å². The van der Waals surface area contributed by atoms with Gasteiger partial charge in [-0.1, -0.05) is 37.9 Å². The monoisotopic (exact) mass is 455 g/mol. The number of amides is 2. The molecular formula is C17H15Br2NO4. The summed E-state index contributed by atoms with van der Waals surface area (Å²) in [6.45, 7) is 0. The molecule has 1 aromatic carbocycles. The number of esters is 1. The predicted octanol–water partition coefficient (Wildman–Crippen LogP) is 2.76. The molecule has 2 aliphatic carbocycles. The molecule has 0 aromatic heterocycles. The van der Waals surface area contributed by atoms with Crippen LogP contribution in [0.4, 0.5) is 5.69 Å². The van der Waals surface area contributed by atoms with E-state index in [1.165, 1.54) is 12.0 Å². The first-order valence-corrected chi connectivity index (χ1v) is 9.63. The van der Waals surface area contributed by atoms with Crippen molar-refractivity contribution in [3.8, 4) is 0 Å². The average molecular weight is 457 g/mol. The van der Waals surface area contributed by atoms with Gasteiger partial charge >= 0.3 is 5.97 Å². The minimum Gasteiger partial charge on any atom is -0.465 e. The minimum absolute atomic E-state index is 0.150. The molecule has 0 radical (unpaired) electrons. The fourth-order valence-electron chi connectivity index (χ4n) is 4.49. The number of carbonyl (C=O) groups is 3. The molecule has 1 saturated heterocycles. The first-order valence-electron chi connectivity index (χ1n) is 7.80. The molecule has 2 amide bonds. The number of hydrogen-bond donors (Lipinski definition) is 0. The Balaban J connectivity index is 1.70. The van der Waals surface area contributed by atoms with E-state index in [-0.39, 0.29) is 45.1 Å². The number of fused-ring (bicyclic) bond motifs is 5. The number of hydrogen-bond acceptors (Lipinski definition) is 4. The number of anilines is 1. The Kier molecular flexibility index (Phi) is 3.84. The summed E-state index contributed by atoms with van der Waals surface area (Å²) >= 11 is 7.34. The van der Waals surface area contributed by atoms with Crippen LogP contribution in [0, 0.1) is 23.7 Å². The number of carbonyl (C=O) groups excluding carboxylic acids is 3. The van der Waals surface area contributed by atoms with Crippen LogP contribution >= 0.6 is 31.9 Å². The van der Waals surface area contributed by atoms with Crippen molar-refractivity contribution in [3.05, 3.63) is 29.8 Å². The zero-order chi connectivity index (χ0) is 17.2. The highest BCUT2D eigenvalue weighted by Crippen LogP contribution is 2.60. The third-order valence-electron chi connectivity index (χ3n) is 5.51. The van der Waals surface area contributed by atoms with Crippen LogP contribution < -0.4 is 4.90 Å². The number of rotatable bonds is 2. The molecule has 3 fully saturated rings. The van der Waals surface area contributed by atoms with Gasteiger partial charge in [-0.25, -0.2) is 4.79 Å². The number of ether oxygens (including phenoxy) is 1. The Morgan fingerprint density at radius 3 is 2.25 bits per heavy atom. The van der Waals surface area contributed by atoms with E-state index in [1.54, 1.807) is 24.3 Å². The molecule has 1 aromatic rings. The van der Waals surface area contributed by atoms with E-state index >= 15 is 0 Å². The summed E-state index contributed by atoms with van der Waals surface area (Å²) in [5.41, 5.74) is 0.770. The number of nitrogens with zero attached hydrogens (tertiary/aromatic N) is 1. The van der Waals surface area contributed by atoms with Crippen LogP contribution in [0.5, 0.6) is 0 Å². The Labute approximate surface area is 156 Å². The van der Waals surface area contributed by atoms with Gasteiger partial charge in [-0.2, -0.15) is 0 Å². The maximum Gasteiger partial charge on any atom is 0.337 e. The van der Waals surface area contributed by atoms with Crippen molar-refractivity contribution in [1.29, 1.82) is 0 Å². The fraction of sp³-hybridized carbons (Fsp3) is 0.471. The van der Waals surface area contributed by atoms with Crippen molar-refractivity contribution in [2.24, 2.45) is 23.7 Å². The molecule has 2 bridgehead atoms. The maximum absolute atomic E-state index is 12.9. The number of alkyl halides is 2. The lowest BCUT2D eigenvalue weighted by Crippen LogP contribution is -2.37. The molecule has 3 aliphatic rings. The summed E-state index contributed by atoms with van der Waals surface area (Å²) in [6.07, 6.45) is 0.898. The first kappa shape index (κ1) is 16.3. The Hall–Kier alpha value is -1.21. The lowest BCUT2D eigenvalue weighted by atomic mass is 9.81. The zero-order valence-electron chi connectivity index (χ0n) is 12.8. The van der Waals surface area contributed by atoms with Gasteiger partial charge in [0.2, 0.25) is 11.8 Å². The van der Waals surface area contributed by atoms with Crippen LogP contribution in [0.3, 0.4) is 0 Å². The molecule has 24 heavy (non-hydrogen) atoms. The van der Waals surface area contributed by atoms with Crippen molar-refractivity contribution in [3.63, 3.8) is 0 Å². The summed E-state index contributed by atoms with van der Waals surface area (Å²) in [5, 5.41) is 0.